The van der Waals surface area contributed by atoms with Crippen molar-refractivity contribution in [3.63, 3.8) is 0 Å². The molecule has 21 heavy (non-hydrogen) atoms. The molecule has 0 saturated carbocycles. The molecule has 1 N–H and O–H groups in total. The highest BCUT2D eigenvalue weighted by molar-refractivity contribution is 6.31. The quantitative estimate of drug-likeness (QED) is 0.882. The Bertz CT molecular complexity index is 666. The van der Waals surface area contributed by atoms with Crippen molar-refractivity contribution in [2.45, 2.75) is 25.8 Å². The molecule has 0 saturated heterocycles. The summed E-state index contributed by atoms with van der Waals surface area (Å²) in [5.41, 5.74) is 3.53. The summed E-state index contributed by atoms with van der Waals surface area (Å²) in [5.74, 6) is 0.203. The molecule has 2 heterocycles. The highest BCUT2D eigenvalue weighted by Gasteiger charge is 2.23. The van der Waals surface area contributed by atoms with Gasteiger partial charge in [0.05, 0.1) is 0 Å². The zero-order chi connectivity index (χ0) is 14.8. The fourth-order valence-electron chi connectivity index (χ4n) is 2.93. The molecule has 4 nitrogen and oxygen atoms in total. The second-order valence-electron chi connectivity index (χ2n) is 5.43. The van der Waals surface area contributed by atoms with E-state index in [0.717, 1.165) is 35.3 Å². The maximum Gasteiger partial charge on any atom is 0.222 e. The van der Waals surface area contributed by atoms with E-state index in [0.29, 0.717) is 19.6 Å². The number of carbonyl (C=O) groups is 1. The lowest BCUT2D eigenvalue weighted by atomic mass is 10.0. The van der Waals surface area contributed by atoms with Gasteiger partial charge in [-0.05, 0) is 24.6 Å². The number of aromatic amines is 1. The number of rotatable bonds is 4. The predicted molar refractivity (Wildman–Crippen MR) is 83.5 cm³/mol. The zero-order valence-corrected chi connectivity index (χ0v) is 12.9. The van der Waals surface area contributed by atoms with Gasteiger partial charge in [-0.15, -0.1) is 0 Å². The number of nitrogens with zero attached hydrogens (tertiary/aromatic N) is 1. The molecule has 0 unspecified atom stereocenters. The van der Waals surface area contributed by atoms with E-state index in [9.17, 15) is 4.79 Å². The number of benzene rings is 1. The number of methoxy groups -OCH3 is 1. The number of halogens is 1. The van der Waals surface area contributed by atoms with Crippen LogP contribution < -0.4 is 0 Å². The van der Waals surface area contributed by atoms with Gasteiger partial charge in [0.1, 0.15) is 0 Å². The normalized spacial score (nSPS) is 14.5. The predicted octanol–water partition coefficient (Wildman–Crippen LogP) is 3.13. The van der Waals surface area contributed by atoms with Crippen molar-refractivity contribution >= 4 is 28.4 Å². The lowest BCUT2D eigenvalue weighted by Gasteiger charge is -2.27. The Morgan fingerprint density at radius 3 is 3.14 bits per heavy atom. The first-order chi connectivity index (χ1) is 10.2. The summed E-state index contributed by atoms with van der Waals surface area (Å²) >= 11 is 6.09. The van der Waals surface area contributed by atoms with Crippen molar-refractivity contribution in [3.8, 4) is 0 Å². The Hall–Kier alpha value is -1.52. The molecule has 1 aromatic carbocycles. The maximum atomic E-state index is 12.2. The molecule has 5 heteroatoms. The van der Waals surface area contributed by atoms with Crippen LogP contribution in [0.2, 0.25) is 5.02 Å². The molecule has 112 valence electrons. The fourth-order valence-corrected chi connectivity index (χ4v) is 3.10. The molecule has 0 aliphatic carbocycles. The molecule has 0 spiro atoms. The van der Waals surface area contributed by atoms with Crippen LogP contribution in [0.25, 0.3) is 10.9 Å². The first kappa shape index (κ1) is 14.4. The highest BCUT2D eigenvalue weighted by atomic mass is 35.5. The van der Waals surface area contributed by atoms with E-state index in [2.05, 4.69) is 4.98 Å². The summed E-state index contributed by atoms with van der Waals surface area (Å²) in [4.78, 5) is 17.6. The molecule has 0 bridgehead atoms. The Morgan fingerprint density at radius 1 is 1.48 bits per heavy atom. The molecular formula is C16H19ClN2O2. The summed E-state index contributed by atoms with van der Waals surface area (Å²) in [5, 5.41) is 1.86. The van der Waals surface area contributed by atoms with E-state index in [1.165, 1.54) is 11.3 Å². The Kier molecular flexibility index (Phi) is 4.17. The summed E-state index contributed by atoms with van der Waals surface area (Å²) in [6.07, 6.45) is 2.20. The summed E-state index contributed by atoms with van der Waals surface area (Å²) < 4.78 is 5.00. The standard InChI is InChI=1S/C16H19ClN2O2/c1-21-8-2-3-16(20)19-7-6-15-13(10-19)12-9-11(17)4-5-14(12)18-15/h4-5,9,18H,2-3,6-8,10H2,1H3. The van der Waals surface area contributed by atoms with Crippen LogP contribution in [0, 0.1) is 0 Å². The van der Waals surface area contributed by atoms with Gasteiger partial charge in [-0.3, -0.25) is 4.79 Å². The van der Waals surface area contributed by atoms with Crippen molar-refractivity contribution in [1.82, 2.24) is 9.88 Å². The Labute approximate surface area is 129 Å². The average molecular weight is 307 g/mol. The summed E-state index contributed by atoms with van der Waals surface area (Å²) in [6, 6.07) is 5.87. The Morgan fingerprint density at radius 2 is 2.33 bits per heavy atom. The second kappa shape index (κ2) is 6.08. The van der Waals surface area contributed by atoms with Crippen LogP contribution in [0.4, 0.5) is 0 Å². The number of carbonyl (C=O) groups excluding carboxylic acids is 1. The third kappa shape index (κ3) is 2.92. The van der Waals surface area contributed by atoms with Gasteiger partial charge < -0.3 is 14.6 Å². The fraction of sp³-hybridized carbons (Fsp3) is 0.438. The van der Waals surface area contributed by atoms with Crippen LogP contribution in [0.5, 0.6) is 0 Å². The van der Waals surface area contributed by atoms with E-state index in [1.54, 1.807) is 7.11 Å². The van der Waals surface area contributed by atoms with Crippen molar-refractivity contribution in [2.75, 3.05) is 20.3 Å². The van der Waals surface area contributed by atoms with Gasteiger partial charge in [0.15, 0.2) is 0 Å². The first-order valence-corrected chi connectivity index (χ1v) is 7.62. The van der Waals surface area contributed by atoms with E-state index >= 15 is 0 Å². The third-order valence-electron chi connectivity index (χ3n) is 4.03. The average Bonchev–Trinajstić information content (AvgIpc) is 2.84. The third-order valence-corrected chi connectivity index (χ3v) is 4.26. The van der Waals surface area contributed by atoms with E-state index in [1.807, 2.05) is 23.1 Å². The van der Waals surface area contributed by atoms with Crippen molar-refractivity contribution in [3.05, 3.63) is 34.5 Å². The highest BCUT2D eigenvalue weighted by Crippen LogP contribution is 2.29. The van der Waals surface area contributed by atoms with Gasteiger partial charge in [0.25, 0.3) is 0 Å². The van der Waals surface area contributed by atoms with Gasteiger partial charge in [0, 0.05) is 66.8 Å². The minimum absolute atomic E-state index is 0.203. The number of fused-ring (bicyclic) bond motifs is 3. The molecular weight excluding hydrogens is 288 g/mol. The zero-order valence-electron chi connectivity index (χ0n) is 12.1. The molecule has 1 aliphatic rings. The lowest BCUT2D eigenvalue weighted by molar-refractivity contribution is -0.132. The topological polar surface area (TPSA) is 45.3 Å². The molecule has 0 fully saturated rings. The van der Waals surface area contributed by atoms with Crippen LogP contribution in [0.15, 0.2) is 18.2 Å². The van der Waals surface area contributed by atoms with Gasteiger partial charge in [0.2, 0.25) is 5.91 Å². The molecule has 1 aliphatic heterocycles. The van der Waals surface area contributed by atoms with Crippen molar-refractivity contribution < 1.29 is 9.53 Å². The van der Waals surface area contributed by atoms with Crippen LogP contribution >= 0.6 is 11.6 Å². The number of H-pyrrole nitrogens is 1. The minimum atomic E-state index is 0.203. The molecule has 3 rings (SSSR count). The first-order valence-electron chi connectivity index (χ1n) is 7.24. The SMILES string of the molecule is COCCCC(=O)N1CCc2[nH]c3ccc(Cl)cc3c2C1. The van der Waals surface area contributed by atoms with Crippen molar-refractivity contribution in [2.24, 2.45) is 0 Å². The molecule has 0 atom stereocenters. The second-order valence-corrected chi connectivity index (χ2v) is 5.87. The molecule has 1 aromatic heterocycles. The lowest BCUT2D eigenvalue weighted by Crippen LogP contribution is -2.35. The van der Waals surface area contributed by atoms with Gasteiger partial charge >= 0.3 is 0 Å². The van der Waals surface area contributed by atoms with E-state index in [-0.39, 0.29) is 5.91 Å². The van der Waals surface area contributed by atoms with Crippen LogP contribution in [-0.4, -0.2) is 36.1 Å². The molecule has 2 aromatic rings. The monoisotopic (exact) mass is 306 g/mol. The van der Waals surface area contributed by atoms with Crippen LogP contribution in [-0.2, 0) is 22.5 Å². The number of hydrogen-bond donors (Lipinski definition) is 1. The summed E-state index contributed by atoms with van der Waals surface area (Å²) in [7, 11) is 1.66. The van der Waals surface area contributed by atoms with Gasteiger partial charge in [-0.25, -0.2) is 0 Å². The number of nitrogens with one attached hydrogen (secondary N) is 1. The number of amides is 1. The number of aromatic nitrogens is 1. The number of hydrogen-bond acceptors (Lipinski definition) is 2. The Balaban J connectivity index is 1.79. The number of ether oxygens (including phenoxy) is 1. The maximum absolute atomic E-state index is 12.2. The molecule has 0 radical (unpaired) electrons. The van der Waals surface area contributed by atoms with Crippen molar-refractivity contribution in [1.29, 1.82) is 0 Å². The summed E-state index contributed by atoms with van der Waals surface area (Å²) in [6.45, 7) is 2.08. The molecule has 1 amide bonds. The smallest absolute Gasteiger partial charge is 0.222 e. The van der Waals surface area contributed by atoms with E-state index < -0.39 is 0 Å². The van der Waals surface area contributed by atoms with E-state index in [4.69, 9.17) is 16.3 Å². The van der Waals surface area contributed by atoms with Crippen LogP contribution in [0.1, 0.15) is 24.1 Å². The van der Waals surface area contributed by atoms with Gasteiger partial charge in [-0.1, -0.05) is 11.6 Å². The largest absolute Gasteiger partial charge is 0.385 e. The van der Waals surface area contributed by atoms with Crippen LogP contribution in [0.3, 0.4) is 0 Å². The van der Waals surface area contributed by atoms with Gasteiger partial charge in [-0.2, -0.15) is 0 Å². The minimum Gasteiger partial charge on any atom is -0.385 e.